The highest BCUT2D eigenvalue weighted by atomic mass is 32.2. The number of fused-ring (bicyclic) bond motifs is 1. The lowest BCUT2D eigenvalue weighted by Gasteiger charge is -2.31. The number of carbonyl (C=O) groups is 1. The first-order valence-electron chi connectivity index (χ1n) is 7.61. The lowest BCUT2D eigenvalue weighted by molar-refractivity contribution is -0.134. The van der Waals surface area contributed by atoms with Gasteiger partial charge in [0.25, 0.3) is 0 Å². The molecule has 0 aromatic heterocycles. The van der Waals surface area contributed by atoms with Gasteiger partial charge in [-0.15, -0.1) is 11.8 Å². The number of amides is 1. The SMILES string of the molecule is C[C@H](C1CC1)N(CCC#N)C(=O)[C@H]1CSc2ccccc21. The van der Waals surface area contributed by atoms with Crippen molar-refractivity contribution in [3.05, 3.63) is 29.8 Å². The molecular weight excluding hydrogens is 280 g/mol. The molecule has 0 N–H and O–H groups in total. The van der Waals surface area contributed by atoms with Gasteiger partial charge in [0, 0.05) is 23.2 Å². The largest absolute Gasteiger partial charge is 0.338 e. The van der Waals surface area contributed by atoms with Gasteiger partial charge in [-0.2, -0.15) is 5.26 Å². The molecule has 1 saturated carbocycles. The van der Waals surface area contributed by atoms with Crippen LogP contribution < -0.4 is 0 Å². The topological polar surface area (TPSA) is 44.1 Å². The zero-order valence-corrected chi connectivity index (χ0v) is 13.1. The van der Waals surface area contributed by atoms with E-state index in [0.29, 0.717) is 18.9 Å². The summed E-state index contributed by atoms with van der Waals surface area (Å²) in [5.74, 6) is 1.64. The Bertz CT molecular complexity index is 576. The normalized spacial score (nSPS) is 21.4. The number of nitriles is 1. The maximum atomic E-state index is 13.0. The molecule has 110 valence electrons. The van der Waals surface area contributed by atoms with E-state index in [4.69, 9.17) is 5.26 Å². The smallest absolute Gasteiger partial charge is 0.231 e. The zero-order chi connectivity index (χ0) is 14.8. The molecule has 0 unspecified atom stereocenters. The molecule has 1 fully saturated rings. The molecule has 0 spiro atoms. The molecule has 2 aliphatic rings. The van der Waals surface area contributed by atoms with Crippen LogP contribution in [0.4, 0.5) is 0 Å². The third-order valence-corrected chi connectivity index (χ3v) is 5.72. The van der Waals surface area contributed by atoms with E-state index in [0.717, 1.165) is 11.3 Å². The Labute approximate surface area is 130 Å². The molecule has 0 bridgehead atoms. The van der Waals surface area contributed by atoms with Crippen LogP contribution in [0.25, 0.3) is 0 Å². The molecule has 2 atom stereocenters. The summed E-state index contributed by atoms with van der Waals surface area (Å²) in [6, 6.07) is 10.6. The molecule has 1 aromatic rings. The molecule has 21 heavy (non-hydrogen) atoms. The Balaban J connectivity index is 1.79. The molecular formula is C17H20N2OS. The van der Waals surface area contributed by atoms with Crippen LogP contribution in [0.1, 0.15) is 37.7 Å². The quantitative estimate of drug-likeness (QED) is 0.837. The minimum absolute atomic E-state index is 0.0360. The predicted octanol–water partition coefficient (Wildman–Crippen LogP) is 3.42. The van der Waals surface area contributed by atoms with Gasteiger partial charge in [0.1, 0.15) is 0 Å². The first-order valence-corrected chi connectivity index (χ1v) is 8.60. The van der Waals surface area contributed by atoms with E-state index in [1.807, 2.05) is 17.0 Å². The van der Waals surface area contributed by atoms with E-state index in [1.165, 1.54) is 17.7 Å². The zero-order valence-electron chi connectivity index (χ0n) is 12.3. The third kappa shape index (κ3) is 2.94. The maximum absolute atomic E-state index is 13.0. The number of carbonyl (C=O) groups excluding carboxylic acids is 1. The highest BCUT2D eigenvalue weighted by Gasteiger charge is 2.38. The van der Waals surface area contributed by atoms with Gasteiger partial charge < -0.3 is 4.90 Å². The molecule has 1 heterocycles. The van der Waals surface area contributed by atoms with E-state index < -0.39 is 0 Å². The lowest BCUT2D eigenvalue weighted by atomic mass is 9.98. The van der Waals surface area contributed by atoms with Gasteiger partial charge in [-0.3, -0.25) is 4.79 Å². The average molecular weight is 300 g/mol. The fourth-order valence-corrected chi connectivity index (χ4v) is 4.31. The number of thioether (sulfide) groups is 1. The van der Waals surface area contributed by atoms with Crippen molar-refractivity contribution in [2.24, 2.45) is 5.92 Å². The summed E-state index contributed by atoms with van der Waals surface area (Å²) in [7, 11) is 0. The van der Waals surface area contributed by atoms with Gasteiger partial charge in [-0.1, -0.05) is 18.2 Å². The van der Waals surface area contributed by atoms with Crippen LogP contribution in [0.5, 0.6) is 0 Å². The number of nitrogens with zero attached hydrogens (tertiary/aromatic N) is 2. The van der Waals surface area contributed by atoms with Crippen LogP contribution in [0, 0.1) is 17.2 Å². The predicted molar refractivity (Wildman–Crippen MR) is 84.0 cm³/mol. The van der Waals surface area contributed by atoms with Crippen molar-refractivity contribution < 1.29 is 4.79 Å². The summed E-state index contributed by atoms with van der Waals surface area (Å²) < 4.78 is 0. The Kier molecular flexibility index (Phi) is 4.21. The summed E-state index contributed by atoms with van der Waals surface area (Å²) in [6.07, 6.45) is 2.85. The maximum Gasteiger partial charge on any atom is 0.231 e. The second-order valence-electron chi connectivity index (χ2n) is 5.92. The van der Waals surface area contributed by atoms with Gasteiger partial charge in [0.2, 0.25) is 5.91 Å². The fourth-order valence-electron chi connectivity index (χ4n) is 3.09. The molecule has 0 radical (unpaired) electrons. The average Bonchev–Trinajstić information content (AvgIpc) is 3.26. The molecule has 1 amide bonds. The Morgan fingerprint density at radius 3 is 2.95 bits per heavy atom. The number of rotatable bonds is 5. The Morgan fingerprint density at radius 2 is 2.24 bits per heavy atom. The number of benzene rings is 1. The molecule has 4 heteroatoms. The van der Waals surface area contributed by atoms with Crippen molar-refractivity contribution in [1.29, 1.82) is 5.26 Å². The van der Waals surface area contributed by atoms with Crippen LogP contribution in [0.2, 0.25) is 0 Å². The fraction of sp³-hybridized carbons (Fsp3) is 0.529. The van der Waals surface area contributed by atoms with Crippen molar-refractivity contribution in [2.75, 3.05) is 12.3 Å². The van der Waals surface area contributed by atoms with Gasteiger partial charge in [-0.05, 0) is 37.3 Å². The molecule has 3 nitrogen and oxygen atoms in total. The molecule has 3 rings (SSSR count). The van der Waals surface area contributed by atoms with Crippen molar-refractivity contribution in [1.82, 2.24) is 4.90 Å². The van der Waals surface area contributed by atoms with Crippen LogP contribution in [-0.4, -0.2) is 29.1 Å². The Morgan fingerprint density at radius 1 is 1.48 bits per heavy atom. The minimum Gasteiger partial charge on any atom is -0.338 e. The molecule has 1 aliphatic heterocycles. The van der Waals surface area contributed by atoms with Crippen LogP contribution in [-0.2, 0) is 4.79 Å². The van der Waals surface area contributed by atoms with Crippen molar-refractivity contribution in [3.63, 3.8) is 0 Å². The molecule has 0 saturated heterocycles. The van der Waals surface area contributed by atoms with Crippen molar-refractivity contribution in [3.8, 4) is 6.07 Å². The first-order chi connectivity index (χ1) is 10.2. The molecule has 1 aromatic carbocycles. The summed E-state index contributed by atoms with van der Waals surface area (Å²) in [5, 5.41) is 8.86. The third-order valence-electron chi connectivity index (χ3n) is 4.54. The second-order valence-corrected chi connectivity index (χ2v) is 6.98. The van der Waals surface area contributed by atoms with E-state index in [1.54, 1.807) is 11.8 Å². The van der Waals surface area contributed by atoms with Crippen molar-refractivity contribution >= 4 is 17.7 Å². The first kappa shape index (κ1) is 14.5. The monoisotopic (exact) mass is 300 g/mol. The highest BCUT2D eigenvalue weighted by molar-refractivity contribution is 7.99. The van der Waals surface area contributed by atoms with Crippen LogP contribution >= 0.6 is 11.8 Å². The summed E-state index contributed by atoms with van der Waals surface area (Å²) >= 11 is 1.77. The summed E-state index contributed by atoms with van der Waals surface area (Å²) in [4.78, 5) is 16.2. The van der Waals surface area contributed by atoms with E-state index in [-0.39, 0.29) is 17.9 Å². The van der Waals surface area contributed by atoms with Crippen LogP contribution in [0.15, 0.2) is 29.2 Å². The lowest BCUT2D eigenvalue weighted by Crippen LogP contribution is -2.43. The standard InChI is InChI=1S/C17H20N2OS/c1-12(13-7-8-13)19(10-4-9-18)17(20)15-11-21-16-6-3-2-5-14(15)16/h2-3,5-6,12-13,15H,4,7-8,10-11H2,1H3/t12-,15+/m1/s1. The van der Waals surface area contributed by atoms with Gasteiger partial charge >= 0.3 is 0 Å². The second kappa shape index (κ2) is 6.11. The van der Waals surface area contributed by atoms with Gasteiger partial charge in [0.15, 0.2) is 0 Å². The van der Waals surface area contributed by atoms with E-state index >= 15 is 0 Å². The van der Waals surface area contributed by atoms with E-state index in [2.05, 4.69) is 25.1 Å². The number of hydrogen-bond acceptors (Lipinski definition) is 3. The molecule has 1 aliphatic carbocycles. The van der Waals surface area contributed by atoms with E-state index in [9.17, 15) is 4.79 Å². The van der Waals surface area contributed by atoms with Gasteiger partial charge in [0.05, 0.1) is 18.4 Å². The van der Waals surface area contributed by atoms with Crippen LogP contribution in [0.3, 0.4) is 0 Å². The minimum atomic E-state index is -0.0360. The number of hydrogen-bond donors (Lipinski definition) is 0. The summed E-state index contributed by atoms with van der Waals surface area (Å²) in [6.45, 7) is 2.71. The van der Waals surface area contributed by atoms with Crippen molar-refractivity contribution in [2.45, 2.75) is 43.0 Å². The Hall–Kier alpha value is -1.47. The highest BCUT2D eigenvalue weighted by Crippen LogP contribution is 2.42. The summed E-state index contributed by atoms with van der Waals surface area (Å²) in [5.41, 5.74) is 1.16. The van der Waals surface area contributed by atoms with Gasteiger partial charge in [-0.25, -0.2) is 0 Å².